The third kappa shape index (κ3) is 16.0. The fourth-order valence-electron chi connectivity index (χ4n) is 2.75. The lowest BCUT2D eigenvalue weighted by atomic mass is 10.0. The molecule has 0 aliphatic rings. The van der Waals surface area contributed by atoms with Crippen molar-refractivity contribution in [2.24, 2.45) is 0 Å². The molecule has 0 saturated heterocycles. The lowest BCUT2D eigenvalue weighted by Gasteiger charge is -2.08. The highest BCUT2D eigenvalue weighted by atomic mass is 19.1. The van der Waals surface area contributed by atoms with Crippen LogP contribution in [-0.2, 0) is 9.53 Å². The molecule has 0 radical (unpaired) electrons. The maximum atomic E-state index is 13.8. The van der Waals surface area contributed by atoms with Crippen LogP contribution in [0.25, 0.3) is 0 Å². The molecule has 0 fully saturated rings. The van der Waals surface area contributed by atoms with Crippen molar-refractivity contribution in [3.05, 3.63) is 12.2 Å². The van der Waals surface area contributed by atoms with Crippen LogP contribution in [0.15, 0.2) is 12.2 Å². The maximum absolute atomic E-state index is 13.8. The zero-order chi connectivity index (χ0) is 18.0. The average Bonchev–Trinajstić information content (AvgIpc) is 2.56. The van der Waals surface area contributed by atoms with Gasteiger partial charge in [0.1, 0.15) is 6.17 Å². The summed E-state index contributed by atoms with van der Waals surface area (Å²) in [7, 11) is 0. The Kier molecular flexibility index (Phi) is 16.4. The summed E-state index contributed by atoms with van der Waals surface area (Å²) in [6.07, 6.45) is 14.8. The molecular weight excluding hydrogens is 303 g/mol. The highest BCUT2D eigenvalue weighted by Gasteiger charge is 2.06. The Morgan fingerprint density at radius 3 is 1.83 bits per heavy atom. The molecule has 1 atom stereocenters. The van der Waals surface area contributed by atoms with Crippen LogP contribution in [0.5, 0.6) is 0 Å². The number of rotatable bonds is 17. The van der Waals surface area contributed by atoms with Crippen molar-refractivity contribution in [3.63, 3.8) is 0 Å². The van der Waals surface area contributed by atoms with E-state index in [2.05, 4.69) is 13.5 Å². The summed E-state index contributed by atoms with van der Waals surface area (Å²) in [5.41, 5.74) is 0.430. The van der Waals surface area contributed by atoms with Crippen molar-refractivity contribution >= 4 is 5.97 Å². The van der Waals surface area contributed by atoms with Gasteiger partial charge in [0.25, 0.3) is 0 Å². The zero-order valence-electron chi connectivity index (χ0n) is 16.1. The summed E-state index contributed by atoms with van der Waals surface area (Å²) < 4.78 is 18.8. The highest BCUT2D eigenvalue weighted by Crippen LogP contribution is 2.16. The number of unbranched alkanes of at least 4 members (excludes halogenated alkanes) is 10. The SMILES string of the molecule is C=C(C)C(=O)OCCCCCC(F)CCCCCCCCCCC. The third-order valence-corrected chi connectivity index (χ3v) is 4.36. The van der Waals surface area contributed by atoms with Gasteiger partial charge in [-0.05, 0) is 32.6 Å². The molecule has 0 aliphatic carbocycles. The minimum absolute atomic E-state index is 0.330. The van der Waals surface area contributed by atoms with E-state index in [0.29, 0.717) is 25.0 Å². The predicted octanol–water partition coefficient (Wildman–Crippen LogP) is 6.93. The van der Waals surface area contributed by atoms with Gasteiger partial charge in [0.05, 0.1) is 6.61 Å². The molecular formula is C21H39FO2. The molecule has 0 aliphatic heterocycles. The smallest absolute Gasteiger partial charge is 0.333 e. The van der Waals surface area contributed by atoms with E-state index in [4.69, 9.17) is 4.74 Å². The number of carbonyl (C=O) groups excluding carboxylic acids is 1. The first-order valence-electron chi connectivity index (χ1n) is 10.0. The van der Waals surface area contributed by atoms with E-state index in [1.807, 2.05) is 0 Å². The van der Waals surface area contributed by atoms with Crippen molar-refractivity contribution < 1.29 is 13.9 Å². The minimum atomic E-state index is -0.660. The second-order valence-electron chi connectivity index (χ2n) is 6.98. The van der Waals surface area contributed by atoms with Gasteiger partial charge in [-0.3, -0.25) is 0 Å². The minimum Gasteiger partial charge on any atom is -0.462 e. The van der Waals surface area contributed by atoms with Crippen molar-refractivity contribution in [1.29, 1.82) is 0 Å². The lowest BCUT2D eigenvalue weighted by molar-refractivity contribution is -0.139. The monoisotopic (exact) mass is 342 g/mol. The van der Waals surface area contributed by atoms with Crippen LogP contribution in [-0.4, -0.2) is 18.7 Å². The van der Waals surface area contributed by atoms with Crippen LogP contribution >= 0.6 is 0 Å². The molecule has 142 valence electrons. The van der Waals surface area contributed by atoms with Gasteiger partial charge in [0.15, 0.2) is 0 Å². The Labute approximate surface area is 149 Å². The molecule has 0 saturated carbocycles. The number of carbonyl (C=O) groups is 1. The molecule has 24 heavy (non-hydrogen) atoms. The first-order chi connectivity index (χ1) is 11.6. The number of hydrogen-bond acceptors (Lipinski definition) is 2. The van der Waals surface area contributed by atoms with Crippen LogP contribution in [0, 0.1) is 0 Å². The molecule has 0 rings (SSSR count). The van der Waals surface area contributed by atoms with Gasteiger partial charge in [-0.25, -0.2) is 9.18 Å². The van der Waals surface area contributed by atoms with E-state index in [0.717, 1.165) is 25.7 Å². The molecule has 1 unspecified atom stereocenters. The standard InChI is InChI=1S/C21H39FO2/c1-4-5-6-7-8-9-10-11-13-16-20(22)17-14-12-15-18-24-21(23)19(2)3/h20H,2,4-18H2,1,3H3. The summed E-state index contributed by atoms with van der Waals surface area (Å²) in [4.78, 5) is 11.2. The Hall–Kier alpha value is -0.860. The average molecular weight is 343 g/mol. The van der Waals surface area contributed by atoms with E-state index in [1.54, 1.807) is 6.92 Å². The van der Waals surface area contributed by atoms with Crippen molar-refractivity contribution in [2.75, 3.05) is 6.61 Å². The number of alkyl halides is 1. The molecule has 0 amide bonds. The molecule has 0 spiro atoms. The van der Waals surface area contributed by atoms with Crippen LogP contribution in [0.4, 0.5) is 4.39 Å². The highest BCUT2D eigenvalue weighted by molar-refractivity contribution is 5.86. The van der Waals surface area contributed by atoms with E-state index >= 15 is 0 Å². The number of ether oxygens (including phenoxy) is 1. The third-order valence-electron chi connectivity index (χ3n) is 4.36. The van der Waals surface area contributed by atoms with Gasteiger partial charge in [-0.1, -0.05) is 77.7 Å². The molecule has 0 N–H and O–H groups in total. The largest absolute Gasteiger partial charge is 0.462 e. The van der Waals surface area contributed by atoms with Crippen LogP contribution in [0.2, 0.25) is 0 Å². The first kappa shape index (κ1) is 23.1. The fraction of sp³-hybridized carbons (Fsp3) is 0.857. The summed E-state index contributed by atoms with van der Waals surface area (Å²) in [6, 6.07) is 0. The Morgan fingerprint density at radius 2 is 1.33 bits per heavy atom. The van der Waals surface area contributed by atoms with Crippen molar-refractivity contribution in [1.82, 2.24) is 0 Å². The van der Waals surface area contributed by atoms with Gasteiger partial charge < -0.3 is 4.74 Å². The first-order valence-corrected chi connectivity index (χ1v) is 10.0. The van der Waals surface area contributed by atoms with E-state index in [1.165, 1.54) is 51.4 Å². The second-order valence-corrected chi connectivity index (χ2v) is 6.98. The molecule has 0 heterocycles. The van der Waals surface area contributed by atoms with Gasteiger partial charge in [0.2, 0.25) is 0 Å². The molecule has 2 nitrogen and oxygen atoms in total. The van der Waals surface area contributed by atoms with E-state index in [9.17, 15) is 9.18 Å². The Balaban J connectivity index is 3.25. The van der Waals surface area contributed by atoms with Gasteiger partial charge >= 0.3 is 5.97 Å². The van der Waals surface area contributed by atoms with Gasteiger partial charge in [-0.15, -0.1) is 0 Å². The lowest BCUT2D eigenvalue weighted by Crippen LogP contribution is -2.06. The van der Waals surface area contributed by atoms with Crippen molar-refractivity contribution in [2.45, 2.75) is 110 Å². The van der Waals surface area contributed by atoms with Crippen LogP contribution in [0.1, 0.15) is 104 Å². The summed E-state index contributed by atoms with van der Waals surface area (Å²) >= 11 is 0. The summed E-state index contributed by atoms with van der Waals surface area (Å²) in [6.45, 7) is 7.83. The molecule has 0 aromatic rings. The van der Waals surface area contributed by atoms with Crippen molar-refractivity contribution in [3.8, 4) is 0 Å². The Morgan fingerprint density at radius 1 is 0.875 bits per heavy atom. The van der Waals surface area contributed by atoms with E-state index < -0.39 is 6.17 Å². The van der Waals surface area contributed by atoms with E-state index in [-0.39, 0.29) is 5.97 Å². The second kappa shape index (κ2) is 17.0. The number of hydrogen-bond donors (Lipinski definition) is 0. The normalized spacial score (nSPS) is 12.1. The maximum Gasteiger partial charge on any atom is 0.333 e. The van der Waals surface area contributed by atoms with Gasteiger partial charge in [-0.2, -0.15) is 0 Å². The summed E-state index contributed by atoms with van der Waals surface area (Å²) in [5, 5.41) is 0. The molecule has 0 aromatic carbocycles. The topological polar surface area (TPSA) is 26.3 Å². The Bertz CT molecular complexity index is 315. The zero-order valence-corrected chi connectivity index (χ0v) is 16.1. The van der Waals surface area contributed by atoms with Crippen LogP contribution < -0.4 is 0 Å². The number of esters is 1. The van der Waals surface area contributed by atoms with Gasteiger partial charge in [0, 0.05) is 5.57 Å². The molecule has 3 heteroatoms. The number of halogens is 1. The van der Waals surface area contributed by atoms with Crippen LogP contribution in [0.3, 0.4) is 0 Å². The quantitative estimate of drug-likeness (QED) is 0.163. The predicted molar refractivity (Wildman–Crippen MR) is 101 cm³/mol. The molecule has 0 aromatic heterocycles. The summed E-state index contributed by atoms with van der Waals surface area (Å²) in [5.74, 6) is -0.330. The molecule has 0 bridgehead atoms. The fourth-order valence-corrected chi connectivity index (χ4v) is 2.75.